The van der Waals surface area contributed by atoms with Gasteiger partial charge in [0, 0.05) is 23.7 Å². The molecule has 0 aliphatic carbocycles. The predicted molar refractivity (Wildman–Crippen MR) is 91.5 cm³/mol. The highest BCUT2D eigenvalue weighted by Gasteiger charge is 2.14. The van der Waals surface area contributed by atoms with Crippen LogP contribution in [0.5, 0.6) is 6.01 Å². The average Bonchev–Trinajstić information content (AvgIpc) is 3.01. The summed E-state index contributed by atoms with van der Waals surface area (Å²) < 4.78 is 5.30. The van der Waals surface area contributed by atoms with E-state index >= 15 is 0 Å². The molecule has 25 heavy (non-hydrogen) atoms. The van der Waals surface area contributed by atoms with Crippen molar-refractivity contribution in [2.75, 3.05) is 6.61 Å². The Kier molecular flexibility index (Phi) is 4.60. The Bertz CT molecular complexity index is 935. The van der Waals surface area contributed by atoms with E-state index < -0.39 is 4.92 Å². The number of hydrogen-bond donors (Lipinski definition) is 2. The average molecular weight is 340 g/mol. The number of nitrogens with zero attached hydrogens (tertiary/aromatic N) is 2. The van der Waals surface area contributed by atoms with Crippen molar-refractivity contribution in [3.8, 4) is 6.01 Å². The van der Waals surface area contributed by atoms with Gasteiger partial charge in [-0.15, -0.1) is 0 Å². The lowest BCUT2D eigenvalue weighted by molar-refractivity contribution is -0.385. The van der Waals surface area contributed by atoms with Gasteiger partial charge >= 0.3 is 0 Å². The Morgan fingerprint density at radius 3 is 2.88 bits per heavy atom. The Morgan fingerprint density at radius 1 is 1.32 bits per heavy atom. The van der Waals surface area contributed by atoms with Crippen LogP contribution in [-0.2, 0) is 6.54 Å². The molecule has 0 spiro atoms. The number of nitro benzene ring substituents is 1. The summed E-state index contributed by atoms with van der Waals surface area (Å²) in [6, 6.07) is 11.7. The molecule has 0 bridgehead atoms. The lowest BCUT2D eigenvalue weighted by atomic mass is 10.1. The van der Waals surface area contributed by atoms with E-state index in [0.29, 0.717) is 34.8 Å². The number of H-pyrrole nitrogens is 1. The predicted octanol–water partition coefficient (Wildman–Crippen LogP) is 2.80. The third kappa shape index (κ3) is 3.57. The first kappa shape index (κ1) is 16.4. The van der Waals surface area contributed by atoms with E-state index in [1.54, 1.807) is 36.4 Å². The molecule has 0 aliphatic heterocycles. The maximum absolute atomic E-state index is 12.3. The molecule has 0 atom stereocenters. The van der Waals surface area contributed by atoms with Gasteiger partial charge in [0.1, 0.15) is 0 Å². The van der Waals surface area contributed by atoms with Gasteiger partial charge in [-0.2, -0.15) is 4.98 Å². The minimum atomic E-state index is -0.465. The van der Waals surface area contributed by atoms with Gasteiger partial charge in [0.2, 0.25) is 0 Å². The SMILES string of the molecule is CCOc1nc2ccc(C(=O)NCc3ccccc3[N+](=O)[O-])cc2[nH]1. The fourth-order valence-corrected chi connectivity index (χ4v) is 2.45. The van der Waals surface area contributed by atoms with Gasteiger partial charge in [-0.1, -0.05) is 18.2 Å². The number of rotatable bonds is 6. The second-order valence-corrected chi connectivity index (χ2v) is 5.28. The first-order valence-electron chi connectivity index (χ1n) is 7.71. The molecular weight excluding hydrogens is 324 g/mol. The summed E-state index contributed by atoms with van der Waals surface area (Å²) in [7, 11) is 0. The highest BCUT2D eigenvalue weighted by atomic mass is 16.6. The zero-order valence-corrected chi connectivity index (χ0v) is 13.5. The maximum Gasteiger partial charge on any atom is 0.294 e. The number of para-hydroxylation sites is 1. The summed E-state index contributed by atoms with van der Waals surface area (Å²) in [5.41, 5.74) is 2.23. The third-order valence-corrected chi connectivity index (χ3v) is 3.63. The topological polar surface area (TPSA) is 110 Å². The molecule has 2 aromatic carbocycles. The number of aromatic amines is 1. The van der Waals surface area contributed by atoms with Crippen molar-refractivity contribution in [3.63, 3.8) is 0 Å². The van der Waals surface area contributed by atoms with Crippen molar-refractivity contribution in [2.45, 2.75) is 13.5 Å². The normalized spacial score (nSPS) is 10.6. The second kappa shape index (κ2) is 7.00. The molecule has 2 N–H and O–H groups in total. The summed E-state index contributed by atoms with van der Waals surface area (Å²) in [5, 5.41) is 13.7. The van der Waals surface area contributed by atoms with Crippen LogP contribution in [0.2, 0.25) is 0 Å². The number of aromatic nitrogens is 2. The van der Waals surface area contributed by atoms with Gasteiger partial charge in [0.25, 0.3) is 17.6 Å². The molecule has 1 heterocycles. The first-order chi connectivity index (χ1) is 12.1. The van der Waals surface area contributed by atoms with E-state index in [4.69, 9.17) is 4.74 Å². The molecule has 1 amide bonds. The van der Waals surface area contributed by atoms with Crippen molar-refractivity contribution in [1.82, 2.24) is 15.3 Å². The van der Waals surface area contributed by atoms with Crippen molar-refractivity contribution in [2.24, 2.45) is 0 Å². The van der Waals surface area contributed by atoms with E-state index in [2.05, 4.69) is 15.3 Å². The van der Waals surface area contributed by atoms with Crippen LogP contribution in [0.15, 0.2) is 42.5 Å². The Morgan fingerprint density at radius 2 is 2.12 bits per heavy atom. The van der Waals surface area contributed by atoms with Crippen LogP contribution in [0.3, 0.4) is 0 Å². The van der Waals surface area contributed by atoms with Crippen molar-refractivity contribution < 1.29 is 14.5 Å². The molecule has 3 aromatic rings. The Hall–Kier alpha value is -3.42. The zero-order valence-electron chi connectivity index (χ0n) is 13.5. The van der Waals surface area contributed by atoms with Gasteiger partial charge in [0.15, 0.2) is 0 Å². The van der Waals surface area contributed by atoms with E-state index in [0.717, 1.165) is 0 Å². The molecule has 128 valence electrons. The number of fused-ring (bicyclic) bond motifs is 1. The number of carbonyl (C=O) groups is 1. The standard InChI is InChI=1S/C17H16N4O4/c1-2-25-17-19-13-8-7-11(9-14(13)20-17)16(22)18-10-12-5-3-4-6-15(12)21(23)24/h3-9H,2,10H2,1H3,(H,18,22)(H,19,20). The minimum absolute atomic E-state index is 0.0202. The van der Waals surface area contributed by atoms with Crippen LogP contribution in [0.25, 0.3) is 11.0 Å². The lowest BCUT2D eigenvalue weighted by Crippen LogP contribution is -2.23. The number of nitrogens with one attached hydrogen (secondary N) is 2. The van der Waals surface area contributed by atoms with Crippen LogP contribution in [0, 0.1) is 10.1 Å². The minimum Gasteiger partial charge on any atom is -0.465 e. The van der Waals surface area contributed by atoms with E-state index in [1.165, 1.54) is 6.07 Å². The molecular formula is C17H16N4O4. The van der Waals surface area contributed by atoms with Gasteiger partial charge < -0.3 is 15.0 Å². The van der Waals surface area contributed by atoms with Gasteiger partial charge in [-0.3, -0.25) is 14.9 Å². The number of imidazole rings is 1. The zero-order chi connectivity index (χ0) is 17.8. The van der Waals surface area contributed by atoms with E-state index in [9.17, 15) is 14.9 Å². The number of nitro groups is 1. The first-order valence-corrected chi connectivity index (χ1v) is 7.71. The molecule has 0 unspecified atom stereocenters. The van der Waals surface area contributed by atoms with Gasteiger partial charge in [0.05, 0.1) is 22.6 Å². The molecule has 3 rings (SSSR count). The molecule has 0 fully saturated rings. The van der Waals surface area contributed by atoms with Crippen molar-refractivity contribution >= 4 is 22.6 Å². The van der Waals surface area contributed by atoms with E-state index in [-0.39, 0.29) is 18.1 Å². The molecule has 0 saturated carbocycles. The fraction of sp³-hybridized carbons (Fsp3) is 0.176. The highest BCUT2D eigenvalue weighted by Crippen LogP contribution is 2.19. The molecule has 0 saturated heterocycles. The summed E-state index contributed by atoms with van der Waals surface area (Å²) in [6.07, 6.45) is 0. The summed E-state index contributed by atoms with van der Waals surface area (Å²) >= 11 is 0. The summed E-state index contributed by atoms with van der Waals surface area (Å²) in [6.45, 7) is 2.42. The van der Waals surface area contributed by atoms with Crippen LogP contribution in [-0.4, -0.2) is 27.4 Å². The number of carbonyl (C=O) groups excluding carboxylic acids is 1. The lowest BCUT2D eigenvalue weighted by Gasteiger charge is -2.06. The van der Waals surface area contributed by atoms with Crippen molar-refractivity contribution in [3.05, 3.63) is 63.7 Å². The van der Waals surface area contributed by atoms with E-state index in [1.807, 2.05) is 6.92 Å². The quantitative estimate of drug-likeness (QED) is 0.529. The smallest absolute Gasteiger partial charge is 0.294 e. The van der Waals surface area contributed by atoms with Crippen molar-refractivity contribution in [1.29, 1.82) is 0 Å². The number of hydrogen-bond acceptors (Lipinski definition) is 5. The largest absolute Gasteiger partial charge is 0.465 e. The van der Waals surface area contributed by atoms with Crippen LogP contribution >= 0.6 is 0 Å². The highest BCUT2D eigenvalue weighted by molar-refractivity contribution is 5.97. The fourth-order valence-electron chi connectivity index (χ4n) is 2.45. The van der Waals surface area contributed by atoms with Gasteiger partial charge in [-0.05, 0) is 25.1 Å². The molecule has 0 aliphatic rings. The third-order valence-electron chi connectivity index (χ3n) is 3.63. The van der Waals surface area contributed by atoms with Crippen LogP contribution < -0.4 is 10.1 Å². The van der Waals surface area contributed by atoms with Crippen LogP contribution in [0.1, 0.15) is 22.8 Å². The number of ether oxygens (including phenoxy) is 1. The molecule has 0 radical (unpaired) electrons. The summed E-state index contributed by atoms with van der Waals surface area (Å²) in [4.78, 5) is 30.1. The Balaban J connectivity index is 1.75. The molecule has 8 heteroatoms. The second-order valence-electron chi connectivity index (χ2n) is 5.28. The van der Waals surface area contributed by atoms with Crippen LogP contribution in [0.4, 0.5) is 5.69 Å². The number of amides is 1. The summed E-state index contributed by atoms with van der Waals surface area (Å²) in [5.74, 6) is -0.326. The monoisotopic (exact) mass is 340 g/mol. The number of benzene rings is 2. The molecule has 8 nitrogen and oxygen atoms in total. The molecule has 1 aromatic heterocycles. The van der Waals surface area contributed by atoms with Gasteiger partial charge in [-0.25, -0.2) is 0 Å². The maximum atomic E-state index is 12.3. The Labute approximate surface area is 143 Å².